The summed E-state index contributed by atoms with van der Waals surface area (Å²) in [7, 11) is 0. The highest BCUT2D eigenvalue weighted by molar-refractivity contribution is 5.89. The van der Waals surface area contributed by atoms with Crippen molar-refractivity contribution in [1.82, 2.24) is 5.32 Å². The standard InChI is InChI=1S/C14H20N2O/c1-2-4-11-7-9-13(10-8-11)16-14(17)15-12-5-3-6-12/h7-10,12H,2-6H2,1H3,(H2,15,16,17). The van der Waals surface area contributed by atoms with Crippen molar-refractivity contribution in [1.29, 1.82) is 0 Å². The third kappa shape index (κ3) is 3.48. The number of benzene rings is 1. The summed E-state index contributed by atoms with van der Waals surface area (Å²) >= 11 is 0. The van der Waals surface area contributed by atoms with Gasteiger partial charge in [0.15, 0.2) is 0 Å². The van der Waals surface area contributed by atoms with Gasteiger partial charge in [0.25, 0.3) is 0 Å². The SMILES string of the molecule is CCCc1ccc(NC(=O)NC2CCC2)cc1. The molecule has 0 unspecified atom stereocenters. The molecular weight excluding hydrogens is 212 g/mol. The first-order valence-electron chi connectivity index (χ1n) is 6.44. The minimum absolute atomic E-state index is 0.0852. The molecule has 0 bridgehead atoms. The molecule has 0 aliphatic heterocycles. The van der Waals surface area contributed by atoms with Gasteiger partial charge in [-0.05, 0) is 43.4 Å². The van der Waals surface area contributed by atoms with E-state index in [0.717, 1.165) is 31.4 Å². The second-order valence-corrected chi connectivity index (χ2v) is 4.67. The predicted molar refractivity (Wildman–Crippen MR) is 70.2 cm³/mol. The number of hydrogen-bond donors (Lipinski definition) is 2. The fourth-order valence-electron chi connectivity index (χ4n) is 1.95. The summed E-state index contributed by atoms with van der Waals surface area (Å²) in [6.07, 6.45) is 5.70. The van der Waals surface area contributed by atoms with Crippen LogP contribution in [0.1, 0.15) is 38.2 Å². The molecule has 0 heterocycles. The monoisotopic (exact) mass is 232 g/mol. The molecule has 1 aromatic carbocycles. The molecule has 0 aromatic heterocycles. The molecule has 1 aliphatic carbocycles. The Morgan fingerprint density at radius 2 is 2.00 bits per heavy atom. The van der Waals surface area contributed by atoms with Crippen molar-refractivity contribution >= 4 is 11.7 Å². The first-order chi connectivity index (χ1) is 8.28. The molecule has 1 aromatic rings. The number of rotatable bonds is 4. The lowest BCUT2D eigenvalue weighted by atomic mass is 9.93. The fourth-order valence-corrected chi connectivity index (χ4v) is 1.95. The van der Waals surface area contributed by atoms with Gasteiger partial charge in [0, 0.05) is 11.7 Å². The first kappa shape index (κ1) is 12.0. The molecule has 0 radical (unpaired) electrons. The van der Waals surface area contributed by atoms with Crippen molar-refractivity contribution in [2.75, 3.05) is 5.32 Å². The second kappa shape index (κ2) is 5.71. The number of carbonyl (C=O) groups is 1. The van der Waals surface area contributed by atoms with E-state index in [0.29, 0.717) is 6.04 Å². The normalized spacial score (nSPS) is 15.1. The van der Waals surface area contributed by atoms with Crippen molar-refractivity contribution in [3.63, 3.8) is 0 Å². The van der Waals surface area contributed by atoms with Gasteiger partial charge in [0.1, 0.15) is 0 Å². The highest BCUT2D eigenvalue weighted by Crippen LogP contribution is 2.18. The molecule has 2 rings (SSSR count). The number of nitrogens with one attached hydrogen (secondary N) is 2. The Labute approximate surface area is 103 Å². The molecule has 1 aliphatic rings. The summed E-state index contributed by atoms with van der Waals surface area (Å²) in [4.78, 5) is 11.6. The maximum Gasteiger partial charge on any atom is 0.319 e. The van der Waals surface area contributed by atoms with Gasteiger partial charge in [-0.15, -0.1) is 0 Å². The smallest absolute Gasteiger partial charge is 0.319 e. The number of carbonyl (C=O) groups excluding carboxylic acids is 1. The summed E-state index contributed by atoms with van der Waals surface area (Å²) in [6.45, 7) is 2.16. The van der Waals surface area contributed by atoms with Crippen LogP contribution in [0.15, 0.2) is 24.3 Å². The lowest BCUT2D eigenvalue weighted by molar-refractivity contribution is 0.240. The molecule has 3 nitrogen and oxygen atoms in total. The number of hydrogen-bond acceptors (Lipinski definition) is 1. The molecule has 0 spiro atoms. The summed E-state index contributed by atoms with van der Waals surface area (Å²) < 4.78 is 0. The molecule has 2 amide bonds. The zero-order valence-electron chi connectivity index (χ0n) is 10.3. The largest absolute Gasteiger partial charge is 0.335 e. The summed E-state index contributed by atoms with van der Waals surface area (Å²) in [5, 5.41) is 5.81. The van der Waals surface area contributed by atoms with Crippen LogP contribution in [0.5, 0.6) is 0 Å². The summed E-state index contributed by atoms with van der Waals surface area (Å²) in [5.74, 6) is 0. The minimum Gasteiger partial charge on any atom is -0.335 e. The average molecular weight is 232 g/mol. The second-order valence-electron chi connectivity index (χ2n) is 4.67. The Bertz CT molecular complexity index is 368. The number of urea groups is 1. The molecule has 17 heavy (non-hydrogen) atoms. The third-order valence-electron chi connectivity index (χ3n) is 3.19. The van der Waals surface area contributed by atoms with Crippen LogP contribution in [0.25, 0.3) is 0 Å². The average Bonchev–Trinajstić information content (AvgIpc) is 2.27. The van der Waals surface area contributed by atoms with Gasteiger partial charge in [-0.2, -0.15) is 0 Å². The van der Waals surface area contributed by atoms with Gasteiger partial charge in [-0.3, -0.25) is 0 Å². The van der Waals surface area contributed by atoms with E-state index in [-0.39, 0.29) is 6.03 Å². The van der Waals surface area contributed by atoms with E-state index in [1.165, 1.54) is 12.0 Å². The van der Waals surface area contributed by atoms with Crippen molar-refractivity contribution in [3.05, 3.63) is 29.8 Å². The molecule has 0 saturated heterocycles. The maximum atomic E-state index is 11.6. The Hall–Kier alpha value is -1.51. The molecule has 1 saturated carbocycles. The van der Waals surface area contributed by atoms with Crippen LogP contribution < -0.4 is 10.6 Å². The van der Waals surface area contributed by atoms with Crippen LogP contribution in [0.3, 0.4) is 0 Å². The van der Waals surface area contributed by atoms with E-state index >= 15 is 0 Å². The highest BCUT2D eigenvalue weighted by atomic mass is 16.2. The Kier molecular flexibility index (Phi) is 4.02. The molecular formula is C14H20N2O. The lowest BCUT2D eigenvalue weighted by Gasteiger charge is -2.26. The zero-order chi connectivity index (χ0) is 12.1. The van der Waals surface area contributed by atoms with Crippen LogP contribution >= 0.6 is 0 Å². The topological polar surface area (TPSA) is 41.1 Å². The van der Waals surface area contributed by atoms with Gasteiger partial charge in [-0.25, -0.2) is 4.79 Å². The summed E-state index contributed by atoms with van der Waals surface area (Å²) in [5.41, 5.74) is 2.18. The molecule has 3 heteroatoms. The van der Waals surface area contributed by atoms with Gasteiger partial charge >= 0.3 is 6.03 Å². The van der Waals surface area contributed by atoms with E-state index < -0.39 is 0 Å². The van der Waals surface area contributed by atoms with E-state index in [2.05, 4.69) is 29.7 Å². The fraction of sp³-hybridized carbons (Fsp3) is 0.500. The first-order valence-corrected chi connectivity index (χ1v) is 6.44. The lowest BCUT2D eigenvalue weighted by Crippen LogP contribution is -2.41. The third-order valence-corrected chi connectivity index (χ3v) is 3.19. The van der Waals surface area contributed by atoms with Gasteiger partial charge in [-0.1, -0.05) is 25.5 Å². The van der Waals surface area contributed by atoms with Crippen molar-refractivity contribution < 1.29 is 4.79 Å². The van der Waals surface area contributed by atoms with Gasteiger partial charge in [0.2, 0.25) is 0 Å². The van der Waals surface area contributed by atoms with E-state index in [1.807, 2.05) is 12.1 Å². The Morgan fingerprint density at radius 3 is 2.53 bits per heavy atom. The number of anilines is 1. The van der Waals surface area contributed by atoms with Crippen LogP contribution in [-0.4, -0.2) is 12.1 Å². The van der Waals surface area contributed by atoms with Crippen LogP contribution in [0.2, 0.25) is 0 Å². The maximum absolute atomic E-state index is 11.6. The van der Waals surface area contributed by atoms with Crippen LogP contribution in [-0.2, 0) is 6.42 Å². The van der Waals surface area contributed by atoms with E-state index in [1.54, 1.807) is 0 Å². The van der Waals surface area contributed by atoms with Crippen molar-refractivity contribution in [3.8, 4) is 0 Å². The molecule has 92 valence electrons. The Balaban J connectivity index is 1.82. The number of aryl methyl sites for hydroxylation is 1. The van der Waals surface area contributed by atoms with Gasteiger partial charge in [0.05, 0.1) is 0 Å². The zero-order valence-corrected chi connectivity index (χ0v) is 10.3. The molecule has 1 fully saturated rings. The molecule has 2 N–H and O–H groups in total. The molecule has 0 atom stereocenters. The Morgan fingerprint density at radius 1 is 1.29 bits per heavy atom. The highest BCUT2D eigenvalue weighted by Gasteiger charge is 2.19. The van der Waals surface area contributed by atoms with Crippen molar-refractivity contribution in [2.24, 2.45) is 0 Å². The number of amides is 2. The van der Waals surface area contributed by atoms with Gasteiger partial charge < -0.3 is 10.6 Å². The minimum atomic E-state index is -0.0852. The quantitative estimate of drug-likeness (QED) is 0.821. The van der Waals surface area contributed by atoms with E-state index in [4.69, 9.17) is 0 Å². The van der Waals surface area contributed by atoms with E-state index in [9.17, 15) is 4.79 Å². The van der Waals surface area contributed by atoms with Crippen LogP contribution in [0, 0.1) is 0 Å². The van der Waals surface area contributed by atoms with Crippen molar-refractivity contribution in [2.45, 2.75) is 45.1 Å². The predicted octanol–water partition coefficient (Wildman–Crippen LogP) is 3.31. The summed E-state index contributed by atoms with van der Waals surface area (Å²) in [6, 6.07) is 8.37. The van der Waals surface area contributed by atoms with Crippen LogP contribution in [0.4, 0.5) is 10.5 Å².